The third-order valence-corrected chi connectivity index (χ3v) is 6.53. The van der Waals surface area contributed by atoms with E-state index >= 15 is 0 Å². The van der Waals surface area contributed by atoms with E-state index in [2.05, 4.69) is 4.98 Å². The van der Waals surface area contributed by atoms with Crippen molar-refractivity contribution in [1.29, 1.82) is 0 Å². The zero-order valence-electron chi connectivity index (χ0n) is 13.9. The third-order valence-electron chi connectivity index (χ3n) is 4.11. The van der Waals surface area contributed by atoms with Crippen LogP contribution in [-0.2, 0) is 4.74 Å². The molecule has 2 heterocycles. The number of hydrogen-bond donors (Lipinski definition) is 1. The van der Waals surface area contributed by atoms with Gasteiger partial charge in [-0.1, -0.05) is 0 Å². The molecule has 1 aromatic carbocycles. The molecule has 1 unspecified atom stereocenters. The predicted molar refractivity (Wildman–Crippen MR) is 94.4 cm³/mol. The first-order valence-corrected chi connectivity index (χ1v) is 9.94. The topological polar surface area (TPSA) is 113 Å². The van der Waals surface area contributed by atoms with Crippen LogP contribution in [0.25, 0.3) is 0 Å². The van der Waals surface area contributed by atoms with Crippen molar-refractivity contribution in [2.45, 2.75) is 37.2 Å². The number of ether oxygens (including phenoxy) is 1. The van der Waals surface area contributed by atoms with E-state index in [1.165, 1.54) is 16.8 Å². The number of hydrogen-bond acceptors (Lipinski definition) is 6. The van der Waals surface area contributed by atoms with E-state index in [4.69, 9.17) is 10.5 Å². The number of aromatic nitrogens is 2. The second-order valence-electron chi connectivity index (χ2n) is 5.92. The number of nitrogen functional groups attached to an aromatic ring is 1. The zero-order chi connectivity index (χ0) is 18.8. The predicted octanol–water partition coefficient (Wildman–Crippen LogP) is 1.12. The summed E-state index contributed by atoms with van der Waals surface area (Å²) in [6.07, 6.45) is -1.19. The number of rotatable bonds is 5. The Labute approximate surface area is 154 Å². The summed E-state index contributed by atoms with van der Waals surface area (Å²) in [4.78, 5) is 26.3. The van der Waals surface area contributed by atoms with Crippen LogP contribution < -0.4 is 15.9 Å². The van der Waals surface area contributed by atoms with E-state index in [0.29, 0.717) is 15.3 Å². The number of nitro benzene ring substituents is 1. The van der Waals surface area contributed by atoms with Crippen molar-refractivity contribution in [3.8, 4) is 0 Å². The molecule has 0 amide bonds. The Balaban J connectivity index is 1.71. The standard InChI is InChI=1S/C16H17FN4O4Se/c1-9-7-20(16(22)19-15(9)18)14-6-10(17)12(25-14)8-26-13-5-3-2-4-11(13)21(23)24/h2-5,7,10,12,14H,6,8H2,1H3,(H2,18,19,22)/t10-,12+,14?/m0/s1. The van der Waals surface area contributed by atoms with Crippen molar-refractivity contribution in [3.05, 3.63) is 56.6 Å². The second kappa shape index (κ2) is 7.53. The average Bonchev–Trinajstić information content (AvgIpc) is 2.97. The molecule has 26 heavy (non-hydrogen) atoms. The Morgan fingerprint density at radius 1 is 1.50 bits per heavy atom. The van der Waals surface area contributed by atoms with Gasteiger partial charge in [0.05, 0.1) is 0 Å². The molecular formula is C16H17FN4O4Se. The molecule has 138 valence electrons. The monoisotopic (exact) mass is 428 g/mol. The molecule has 0 aliphatic carbocycles. The van der Waals surface area contributed by atoms with Crippen LogP contribution >= 0.6 is 0 Å². The van der Waals surface area contributed by atoms with Gasteiger partial charge in [0.15, 0.2) is 0 Å². The number of halogens is 1. The molecule has 2 N–H and O–H groups in total. The van der Waals surface area contributed by atoms with Gasteiger partial charge in [-0.05, 0) is 0 Å². The summed E-state index contributed by atoms with van der Waals surface area (Å²) in [6, 6.07) is 6.43. The Morgan fingerprint density at radius 2 is 2.23 bits per heavy atom. The number of aryl methyl sites for hydroxylation is 1. The van der Waals surface area contributed by atoms with E-state index in [9.17, 15) is 19.3 Å². The summed E-state index contributed by atoms with van der Waals surface area (Å²) < 4.78 is 21.9. The molecule has 1 fully saturated rings. The molecule has 0 spiro atoms. The van der Waals surface area contributed by atoms with Crippen LogP contribution in [0.15, 0.2) is 35.3 Å². The number of nitrogens with two attached hydrogens (primary N) is 1. The fraction of sp³-hybridized carbons (Fsp3) is 0.375. The first-order valence-electron chi connectivity index (χ1n) is 7.88. The summed E-state index contributed by atoms with van der Waals surface area (Å²) in [7, 11) is 0. The summed E-state index contributed by atoms with van der Waals surface area (Å²) in [5.74, 6) is 0.136. The maximum absolute atomic E-state index is 14.4. The van der Waals surface area contributed by atoms with Gasteiger partial charge in [-0.2, -0.15) is 0 Å². The molecule has 10 heteroatoms. The van der Waals surface area contributed by atoms with E-state index in [-0.39, 0.29) is 32.9 Å². The summed E-state index contributed by atoms with van der Waals surface area (Å²) >= 11 is -0.326. The van der Waals surface area contributed by atoms with Crippen LogP contribution in [0.3, 0.4) is 0 Å². The van der Waals surface area contributed by atoms with Crippen molar-refractivity contribution in [3.63, 3.8) is 0 Å². The van der Waals surface area contributed by atoms with E-state index in [0.717, 1.165) is 0 Å². The van der Waals surface area contributed by atoms with Crippen molar-refractivity contribution in [1.82, 2.24) is 9.55 Å². The van der Waals surface area contributed by atoms with Crippen molar-refractivity contribution >= 4 is 30.9 Å². The molecule has 2 aromatic rings. The second-order valence-corrected chi connectivity index (χ2v) is 8.14. The van der Waals surface area contributed by atoms with Gasteiger partial charge in [-0.3, -0.25) is 0 Å². The summed E-state index contributed by atoms with van der Waals surface area (Å²) in [5.41, 5.74) is 5.66. The van der Waals surface area contributed by atoms with Gasteiger partial charge in [-0.25, -0.2) is 0 Å². The Kier molecular flexibility index (Phi) is 5.36. The molecule has 0 saturated carbocycles. The van der Waals surface area contributed by atoms with Gasteiger partial charge in [0.25, 0.3) is 0 Å². The Bertz CT molecular complexity index is 891. The van der Waals surface area contributed by atoms with Crippen LogP contribution in [0.1, 0.15) is 18.2 Å². The molecular weight excluding hydrogens is 410 g/mol. The summed E-state index contributed by atoms with van der Waals surface area (Å²) in [6.45, 7) is 1.70. The van der Waals surface area contributed by atoms with Gasteiger partial charge in [0, 0.05) is 0 Å². The quantitative estimate of drug-likeness (QED) is 0.435. The van der Waals surface area contributed by atoms with Crippen LogP contribution in [0.5, 0.6) is 0 Å². The number of benzene rings is 1. The molecule has 1 aliphatic rings. The minimum absolute atomic E-state index is 0.0303. The number of anilines is 1. The van der Waals surface area contributed by atoms with Crippen LogP contribution in [0, 0.1) is 17.0 Å². The van der Waals surface area contributed by atoms with Crippen LogP contribution in [-0.4, -0.2) is 41.7 Å². The molecule has 3 rings (SSSR count). The molecule has 1 aliphatic heterocycles. The fourth-order valence-corrected chi connectivity index (χ4v) is 5.00. The van der Waals surface area contributed by atoms with Crippen molar-refractivity contribution < 1.29 is 14.1 Å². The first kappa shape index (κ1) is 18.5. The van der Waals surface area contributed by atoms with Gasteiger partial charge >= 0.3 is 154 Å². The van der Waals surface area contributed by atoms with Gasteiger partial charge in [0.2, 0.25) is 0 Å². The average molecular weight is 427 g/mol. The van der Waals surface area contributed by atoms with Crippen LogP contribution in [0.4, 0.5) is 15.9 Å². The van der Waals surface area contributed by atoms with Gasteiger partial charge in [0.1, 0.15) is 0 Å². The summed E-state index contributed by atoms with van der Waals surface area (Å²) in [5, 5.41) is 11.4. The normalized spacial score (nSPS) is 22.5. The van der Waals surface area contributed by atoms with Gasteiger partial charge < -0.3 is 0 Å². The first-order chi connectivity index (χ1) is 12.4. The number of nitrogens with zero attached hydrogens (tertiary/aromatic N) is 3. The van der Waals surface area contributed by atoms with Crippen LogP contribution in [0.2, 0.25) is 5.32 Å². The van der Waals surface area contributed by atoms with Crippen molar-refractivity contribution in [2.75, 3.05) is 5.73 Å². The third kappa shape index (κ3) is 3.77. The number of alkyl halides is 1. The Hall–Kier alpha value is -2.29. The fourth-order valence-electron chi connectivity index (χ4n) is 2.70. The number of para-hydroxylation sites is 1. The van der Waals surface area contributed by atoms with E-state index < -0.39 is 29.1 Å². The molecule has 0 bridgehead atoms. The Morgan fingerprint density at radius 3 is 2.96 bits per heavy atom. The molecule has 0 radical (unpaired) electrons. The van der Waals surface area contributed by atoms with E-state index in [1.807, 2.05) is 0 Å². The van der Waals surface area contributed by atoms with E-state index in [1.54, 1.807) is 25.1 Å². The van der Waals surface area contributed by atoms with Crippen molar-refractivity contribution in [2.24, 2.45) is 0 Å². The maximum atomic E-state index is 14.4. The molecule has 1 aromatic heterocycles. The zero-order valence-corrected chi connectivity index (χ0v) is 15.6. The molecule has 3 atom stereocenters. The molecule has 1 saturated heterocycles. The SMILES string of the molecule is Cc1cn(C2C[C@H](F)[C@@H](C[Se]c3ccccc3[N+](=O)[O-])O2)c(=O)nc1N. The molecule has 8 nitrogen and oxygen atoms in total. The minimum atomic E-state index is -1.26. The number of nitro groups is 1. The van der Waals surface area contributed by atoms with Gasteiger partial charge in [-0.15, -0.1) is 0 Å².